The van der Waals surface area contributed by atoms with Gasteiger partial charge in [-0.3, -0.25) is 0 Å². The molecule has 0 aliphatic heterocycles. The first-order chi connectivity index (χ1) is 6.31. The van der Waals surface area contributed by atoms with Gasteiger partial charge in [0.2, 0.25) is 0 Å². The summed E-state index contributed by atoms with van der Waals surface area (Å²) < 4.78 is 13.0. The molecular formula is C11H14FN. The number of nitrogens with one attached hydrogen (secondary N) is 1. The van der Waals surface area contributed by atoms with Gasteiger partial charge in [-0.25, -0.2) is 4.39 Å². The van der Waals surface area contributed by atoms with Crippen LogP contribution in [0.5, 0.6) is 0 Å². The monoisotopic (exact) mass is 179 g/mol. The second-order valence-electron chi connectivity index (χ2n) is 3.64. The lowest BCUT2D eigenvalue weighted by Crippen LogP contribution is -2.15. The van der Waals surface area contributed by atoms with Gasteiger partial charge in [0.05, 0.1) is 0 Å². The van der Waals surface area contributed by atoms with E-state index in [0.29, 0.717) is 5.92 Å². The third-order valence-corrected chi connectivity index (χ3v) is 2.76. The van der Waals surface area contributed by atoms with E-state index in [2.05, 4.69) is 5.32 Å². The summed E-state index contributed by atoms with van der Waals surface area (Å²) in [5, 5.41) is 3.15. The Balaban J connectivity index is 2.29. The lowest BCUT2D eigenvalue weighted by Gasteiger charge is -2.10. The van der Waals surface area contributed by atoms with Crippen LogP contribution in [0.25, 0.3) is 0 Å². The molecule has 1 nitrogen and oxygen atoms in total. The Hall–Kier alpha value is -0.890. The van der Waals surface area contributed by atoms with E-state index in [4.69, 9.17) is 0 Å². The number of fused-ring (bicyclic) bond motifs is 1. The molecule has 1 aromatic carbocycles. The van der Waals surface area contributed by atoms with Gasteiger partial charge in [0.1, 0.15) is 5.82 Å². The van der Waals surface area contributed by atoms with Crippen molar-refractivity contribution < 1.29 is 4.39 Å². The number of hydrogen-bond acceptors (Lipinski definition) is 1. The second-order valence-corrected chi connectivity index (χ2v) is 3.64. The van der Waals surface area contributed by atoms with Crippen LogP contribution in [0.2, 0.25) is 0 Å². The Morgan fingerprint density at radius 2 is 2.38 bits per heavy atom. The van der Waals surface area contributed by atoms with Crippen LogP contribution >= 0.6 is 0 Å². The Kier molecular flexibility index (Phi) is 2.32. The first-order valence-corrected chi connectivity index (χ1v) is 4.74. The summed E-state index contributed by atoms with van der Waals surface area (Å²) in [6.07, 6.45) is 2.25. The number of aryl methyl sites for hydroxylation is 1. The van der Waals surface area contributed by atoms with E-state index in [-0.39, 0.29) is 5.82 Å². The van der Waals surface area contributed by atoms with Crippen LogP contribution in [0.3, 0.4) is 0 Å². The minimum Gasteiger partial charge on any atom is -0.319 e. The van der Waals surface area contributed by atoms with Gasteiger partial charge >= 0.3 is 0 Å². The summed E-state index contributed by atoms with van der Waals surface area (Å²) in [5.41, 5.74) is 2.52. The fraction of sp³-hybridized carbons (Fsp3) is 0.455. The largest absolute Gasteiger partial charge is 0.319 e. The van der Waals surface area contributed by atoms with Gasteiger partial charge in [0.15, 0.2) is 0 Å². The van der Waals surface area contributed by atoms with Crippen molar-refractivity contribution in [1.29, 1.82) is 0 Å². The number of likely N-dealkylation sites (N-methyl/N-ethyl adjacent to an activating group) is 1. The SMILES string of the molecule is CNCC1CCc2ccc(F)cc21. The number of benzene rings is 1. The van der Waals surface area contributed by atoms with E-state index >= 15 is 0 Å². The predicted octanol–water partition coefficient (Wildman–Crippen LogP) is 2.07. The second kappa shape index (κ2) is 3.46. The molecule has 0 saturated heterocycles. The van der Waals surface area contributed by atoms with E-state index in [0.717, 1.165) is 19.4 Å². The Labute approximate surface area is 78.0 Å². The lowest BCUT2D eigenvalue weighted by atomic mass is 10.0. The van der Waals surface area contributed by atoms with Crippen LogP contribution in [-0.4, -0.2) is 13.6 Å². The molecule has 0 saturated carbocycles. The molecule has 1 unspecified atom stereocenters. The molecule has 0 spiro atoms. The lowest BCUT2D eigenvalue weighted by molar-refractivity contribution is 0.606. The van der Waals surface area contributed by atoms with Crippen molar-refractivity contribution in [3.63, 3.8) is 0 Å². The average molecular weight is 179 g/mol. The topological polar surface area (TPSA) is 12.0 Å². The molecule has 0 radical (unpaired) electrons. The zero-order valence-corrected chi connectivity index (χ0v) is 7.81. The molecule has 0 amide bonds. The standard InChI is InChI=1S/C11H14FN/c1-13-7-9-3-2-8-4-5-10(12)6-11(8)9/h4-6,9,13H,2-3,7H2,1H3. The van der Waals surface area contributed by atoms with Crippen LogP contribution in [0.15, 0.2) is 18.2 Å². The number of hydrogen-bond donors (Lipinski definition) is 1. The minimum atomic E-state index is -0.109. The summed E-state index contributed by atoms with van der Waals surface area (Å²) in [5.74, 6) is 0.400. The molecule has 0 fully saturated rings. The summed E-state index contributed by atoms with van der Waals surface area (Å²) in [4.78, 5) is 0. The molecule has 0 heterocycles. The first kappa shape index (κ1) is 8.70. The highest BCUT2D eigenvalue weighted by atomic mass is 19.1. The maximum Gasteiger partial charge on any atom is 0.123 e. The fourth-order valence-electron chi connectivity index (χ4n) is 2.12. The summed E-state index contributed by atoms with van der Waals surface area (Å²) >= 11 is 0. The highest BCUT2D eigenvalue weighted by Gasteiger charge is 2.21. The van der Waals surface area contributed by atoms with Gasteiger partial charge in [0.25, 0.3) is 0 Å². The van der Waals surface area contributed by atoms with Crippen molar-refractivity contribution in [3.8, 4) is 0 Å². The van der Waals surface area contributed by atoms with Gasteiger partial charge in [-0.2, -0.15) is 0 Å². The van der Waals surface area contributed by atoms with E-state index in [1.807, 2.05) is 13.1 Å². The molecule has 1 atom stereocenters. The Morgan fingerprint density at radius 1 is 1.54 bits per heavy atom. The van der Waals surface area contributed by atoms with Gasteiger partial charge in [-0.1, -0.05) is 6.07 Å². The van der Waals surface area contributed by atoms with Crippen LogP contribution in [0.1, 0.15) is 23.5 Å². The zero-order chi connectivity index (χ0) is 9.26. The molecule has 0 bridgehead atoms. The van der Waals surface area contributed by atoms with Gasteiger partial charge < -0.3 is 5.32 Å². The third-order valence-electron chi connectivity index (χ3n) is 2.76. The smallest absolute Gasteiger partial charge is 0.123 e. The van der Waals surface area contributed by atoms with Crippen LogP contribution in [-0.2, 0) is 6.42 Å². The quantitative estimate of drug-likeness (QED) is 0.733. The molecule has 1 aliphatic rings. The van der Waals surface area contributed by atoms with Gasteiger partial charge in [-0.15, -0.1) is 0 Å². The highest BCUT2D eigenvalue weighted by Crippen LogP contribution is 2.32. The first-order valence-electron chi connectivity index (χ1n) is 4.74. The van der Waals surface area contributed by atoms with E-state index in [1.165, 1.54) is 11.1 Å². The minimum absolute atomic E-state index is 0.109. The molecule has 13 heavy (non-hydrogen) atoms. The van der Waals surface area contributed by atoms with Crippen LogP contribution in [0, 0.1) is 5.82 Å². The average Bonchev–Trinajstić information content (AvgIpc) is 2.49. The molecule has 0 aromatic heterocycles. The molecule has 2 heteroatoms. The summed E-state index contributed by atoms with van der Waals surface area (Å²) in [6, 6.07) is 5.16. The maximum atomic E-state index is 13.0. The van der Waals surface area contributed by atoms with Crippen molar-refractivity contribution >= 4 is 0 Å². The zero-order valence-electron chi connectivity index (χ0n) is 7.81. The van der Waals surface area contributed by atoms with Crippen molar-refractivity contribution in [2.24, 2.45) is 0 Å². The van der Waals surface area contributed by atoms with Gasteiger partial charge in [-0.05, 0) is 49.1 Å². The van der Waals surface area contributed by atoms with Crippen LogP contribution < -0.4 is 5.32 Å². The van der Waals surface area contributed by atoms with Gasteiger partial charge in [0, 0.05) is 6.54 Å². The number of rotatable bonds is 2. The Bertz CT molecular complexity index is 307. The van der Waals surface area contributed by atoms with E-state index in [1.54, 1.807) is 12.1 Å². The highest BCUT2D eigenvalue weighted by molar-refractivity contribution is 5.35. The summed E-state index contributed by atoms with van der Waals surface area (Å²) in [7, 11) is 1.94. The molecule has 1 aliphatic carbocycles. The van der Waals surface area contributed by atoms with Crippen molar-refractivity contribution in [3.05, 3.63) is 35.1 Å². The van der Waals surface area contributed by atoms with Crippen LogP contribution in [0.4, 0.5) is 4.39 Å². The number of halogens is 1. The van der Waals surface area contributed by atoms with Crippen molar-refractivity contribution in [2.45, 2.75) is 18.8 Å². The summed E-state index contributed by atoms with van der Waals surface area (Å²) in [6.45, 7) is 0.955. The molecule has 1 aromatic rings. The molecule has 1 N–H and O–H groups in total. The Morgan fingerprint density at radius 3 is 3.15 bits per heavy atom. The molecular weight excluding hydrogens is 165 g/mol. The maximum absolute atomic E-state index is 13.0. The normalized spacial score (nSPS) is 20.3. The fourth-order valence-corrected chi connectivity index (χ4v) is 2.12. The predicted molar refractivity (Wildman–Crippen MR) is 51.4 cm³/mol. The van der Waals surface area contributed by atoms with Crippen molar-refractivity contribution in [1.82, 2.24) is 5.32 Å². The van der Waals surface area contributed by atoms with E-state index in [9.17, 15) is 4.39 Å². The van der Waals surface area contributed by atoms with Crippen molar-refractivity contribution in [2.75, 3.05) is 13.6 Å². The van der Waals surface area contributed by atoms with E-state index < -0.39 is 0 Å². The third kappa shape index (κ3) is 1.59. The molecule has 2 rings (SSSR count). The molecule has 70 valence electrons.